The average Bonchev–Trinajstić information content (AvgIpc) is 3.02. The molecule has 1 aliphatic heterocycles. The van der Waals surface area contributed by atoms with Crippen LogP contribution in [0.15, 0.2) is 0 Å². The lowest BCUT2D eigenvalue weighted by molar-refractivity contribution is -0.122. The largest absolute Gasteiger partial charge is 0.356 e. The van der Waals surface area contributed by atoms with Crippen molar-refractivity contribution < 1.29 is 4.79 Å². The molecule has 0 aromatic heterocycles. The van der Waals surface area contributed by atoms with Crippen LogP contribution in [0.25, 0.3) is 0 Å². The average molecular weight is 196 g/mol. The van der Waals surface area contributed by atoms with Gasteiger partial charge >= 0.3 is 0 Å². The summed E-state index contributed by atoms with van der Waals surface area (Å²) in [4.78, 5) is 11.3. The van der Waals surface area contributed by atoms with Gasteiger partial charge in [-0.15, -0.1) is 0 Å². The van der Waals surface area contributed by atoms with Gasteiger partial charge in [0.1, 0.15) is 0 Å². The van der Waals surface area contributed by atoms with E-state index in [0.717, 1.165) is 38.3 Å². The second-order valence-electron chi connectivity index (χ2n) is 4.57. The molecule has 1 heterocycles. The van der Waals surface area contributed by atoms with E-state index in [1.165, 1.54) is 19.4 Å². The van der Waals surface area contributed by atoms with Crippen LogP contribution in [0, 0.1) is 11.8 Å². The minimum absolute atomic E-state index is 0.286. The van der Waals surface area contributed by atoms with Crippen molar-refractivity contribution in [3.63, 3.8) is 0 Å². The lowest BCUT2D eigenvalue weighted by Crippen LogP contribution is -2.33. The van der Waals surface area contributed by atoms with Crippen molar-refractivity contribution in [1.82, 2.24) is 10.6 Å². The highest BCUT2D eigenvalue weighted by molar-refractivity contribution is 5.80. The molecule has 2 N–H and O–H groups in total. The molecule has 0 aromatic rings. The molecule has 0 radical (unpaired) electrons. The van der Waals surface area contributed by atoms with Gasteiger partial charge in [-0.3, -0.25) is 4.79 Å². The molecule has 1 aliphatic carbocycles. The molecule has 1 atom stereocenters. The molecule has 14 heavy (non-hydrogen) atoms. The summed E-state index contributed by atoms with van der Waals surface area (Å²) in [5.74, 6) is 1.43. The van der Waals surface area contributed by atoms with Crippen LogP contribution in [0.4, 0.5) is 0 Å². The first-order valence-corrected chi connectivity index (χ1v) is 5.84. The zero-order chi connectivity index (χ0) is 9.80. The van der Waals surface area contributed by atoms with E-state index in [-0.39, 0.29) is 5.91 Å². The molecule has 0 bridgehead atoms. The molecule has 2 aliphatic rings. The quantitative estimate of drug-likeness (QED) is 0.701. The Labute approximate surface area is 85.6 Å². The molecule has 3 heteroatoms. The molecule has 1 saturated carbocycles. The zero-order valence-corrected chi connectivity index (χ0v) is 8.72. The minimum Gasteiger partial charge on any atom is -0.356 e. The lowest BCUT2D eigenvalue weighted by Gasteiger charge is -2.22. The van der Waals surface area contributed by atoms with E-state index in [4.69, 9.17) is 0 Å². The van der Waals surface area contributed by atoms with Gasteiger partial charge in [-0.05, 0) is 51.1 Å². The highest BCUT2D eigenvalue weighted by Crippen LogP contribution is 2.28. The first-order chi connectivity index (χ1) is 6.86. The molecule has 3 nitrogen and oxygen atoms in total. The first-order valence-electron chi connectivity index (χ1n) is 5.84. The maximum Gasteiger partial charge on any atom is 0.223 e. The van der Waals surface area contributed by atoms with Crippen LogP contribution in [-0.2, 0) is 4.79 Å². The monoisotopic (exact) mass is 196 g/mol. The Kier molecular flexibility index (Phi) is 3.40. The number of carbonyl (C=O) groups excluding carboxylic acids is 1. The molecule has 1 unspecified atom stereocenters. The first kappa shape index (κ1) is 9.97. The summed E-state index contributed by atoms with van der Waals surface area (Å²) < 4.78 is 0. The molecule has 1 amide bonds. The topological polar surface area (TPSA) is 41.1 Å². The summed E-state index contributed by atoms with van der Waals surface area (Å²) in [5.41, 5.74) is 0. The van der Waals surface area contributed by atoms with Gasteiger partial charge in [0.05, 0.1) is 0 Å². The predicted octanol–water partition coefficient (Wildman–Crippen LogP) is 0.902. The molecule has 0 spiro atoms. The van der Waals surface area contributed by atoms with Crippen molar-refractivity contribution >= 4 is 5.91 Å². The molecule has 2 fully saturated rings. The summed E-state index contributed by atoms with van der Waals surface area (Å²) >= 11 is 0. The second-order valence-corrected chi connectivity index (χ2v) is 4.57. The normalized spacial score (nSPS) is 27.3. The van der Waals surface area contributed by atoms with Crippen molar-refractivity contribution in [2.24, 2.45) is 11.8 Å². The molecule has 1 saturated heterocycles. The molecule has 0 aromatic carbocycles. The van der Waals surface area contributed by atoms with Crippen LogP contribution in [0.3, 0.4) is 0 Å². The number of amides is 1. The van der Waals surface area contributed by atoms with E-state index in [1.807, 2.05) is 0 Å². The predicted molar refractivity (Wildman–Crippen MR) is 55.9 cm³/mol. The van der Waals surface area contributed by atoms with E-state index in [0.29, 0.717) is 5.92 Å². The third-order valence-corrected chi connectivity index (χ3v) is 3.20. The number of nitrogens with one attached hydrogen (secondary N) is 2. The van der Waals surface area contributed by atoms with Crippen LogP contribution in [0.1, 0.15) is 32.1 Å². The Morgan fingerprint density at radius 2 is 2.21 bits per heavy atom. The second kappa shape index (κ2) is 4.78. The lowest BCUT2D eigenvalue weighted by atomic mass is 9.96. The van der Waals surface area contributed by atoms with Crippen molar-refractivity contribution in [2.45, 2.75) is 32.1 Å². The fraction of sp³-hybridized carbons (Fsp3) is 0.909. The molecular formula is C11H20N2O. The van der Waals surface area contributed by atoms with Crippen molar-refractivity contribution in [1.29, 1.82) is 0 Å². The summed E-state index contributed by atoms with van der Waals surface area (Å²) in [5, 5.41) is 6.42. The Hall–Kier alpha value is -0.570. The summed E-state index contributed by atoms with van der Waals surface area (Å²) in [7, 11) is 0. The van der Waals surface area contributed by atoms with Crippen molar-refractivity contribution in [2.75, 3.05) is 19.6 Å². The van der Waals surface area contributed by atoms with Crippen molar-refractivity contribution in [3.8, 4) is 0 Å². The van der Waals surface area contributed by atoms with E-state index in [2.05, 4.69) is 10.6 Å². The maximum atomic E-state index is 11.3. The third kappa shape index (κ3) is 2.98. The number of carbonyl (C=O) groups is 1. The maximum absolute atomic E-state index is 11.3. The molecule has 80 valence electrons. The highest BCUT2D eigenvalue weighted by atomic mass is 16.2. The van der Waals surface area contributed by atoms with Crippen LogP contribution in [0.5, 0.6) is 0 Å². The van der Waals surface area contributed by atoms with Gasteiger partial charge in [0.2, 0.25) is 5.91 Å². The highest BCUT2D eigenvalue weighted by Gasteiger charge is 2.29. The summed E-state index contributed by atoms with van der Waals surface area (Å²) in [6.07, 6.45) is 5.98. The number of hydrogen-bond donors (Lipinski definition) is 2. The Bertz CT molecular complexity index is 195. The van der Waals surface area contributed by atoms with Gasteiger partial charge in [-0.2, -0.15) is 0 Å². The van der Waals surface area contributed by atoms with Crippen LogP contribution in [-0.4, -0.2) is 25.5 Å². The Balaban J connectivity index is 1.54. The van der Waals surface area contributed by atoms with Gasteiger partial charge in [0.25, 0.3) is 0 Å². The fourth-order valence-electron chi connectivity index (χ4n) is 2.06. The van der Waals surface area contributed by atoms with E-state index in [1.54, 1.807) is 0 Å². The van der Waals surface area contributed by atoms with Gasteiger partial charge < -0.3 is 10.6 Å². The van der Waals surface area contributed by atoms with Crippen LogP contribution in [0.2, 0.25) is 0 Å². The van der Waals surface area contributed by atoms with E-state index < -0.39 is 0 Å². The van der Waals surface area contributed by atoms with Gasteiger partial charge in [-0.25, -0.2) is 0 Å². The van der Waals surface area contributed by atoms with Gasteiger partial charge in [0.15, 0.2) is 0 Å². The van der Waals surface area contributed by atoms with E-state index in [9.17, 15) is 4.79 Å². The SMILES string of the molecule is O=C(NCCC1CCCNC1)C1CC1. The molecule has 2 rings (SSSR count). The van der Waals surface area contributed by atoms with Crippen LogP contribution >= 0.6 is 0 Å². The summed E-state index contributed by atoms with van der Waals surface area (Å²) in [6.45, 7) is 3.19. The third-order valence-electron chi connectivity index (χ3n) is 3.20. The van der Waals surface area contributed by atoms with E-state index >= 15 is 0 Å². The number of piperidine rings is 1. The minimum atomic E-state index is 0.286. The van der Waals surface area contributed by atoms with Crippen LogP contribution < -0.4 is 10.6 Å². The number of hydrogen-bond acceptors (Lipinski definition) is 2. The number of rotatable bonds is 4. The molecular weight excluding hydrogens is 176 g/mol. The van der Waals surface area contributed by atoms with Gasteiger partial charge in [-0.1, -0.05) is 0 Å². The summed E-state index contributed by atoms with van der Waals surface area (Å²) in [6, 6.07) is 0. The smallest absolute Gasteiger partial charge is 0.223 e. The standard InChI is InChI=1S/C11H20N2O/c14-11(10-3-4-10)13-7-5-9-2-1-6-12-8-9/h9-10,12H,1-8H2,(H,13,14). The van der Waals surface area contributed by atoms with Gasteiger partial charge in [0, 0.05) is 12.5 Å². The Morgan fingerprint density at radius 1 is 1.36 bits per heavy atom. The zero-order valence-electron chi connectivity index (χ0n) is 8.72. The van der Waals surface area contributed by atoms with Crippen molar-refractivity contribution in [3.05, 3.63) is 0 Å². The Morgan fingerprint density at radius 3 is 2.86 bits per heavy atom. The fourth-order valence-corrected chi connectivity index (χ4v) is 2.06.